The van der Waals surface area contributed by atoms with E-state index in [1.807, 2.05) is 12.3 Å². The first-order chi connectivity index (χ1) is 8.38. The summed E-state index contributed by atoms with van der Waals surface area (Å²) in [5, 5.41) is 0. The number of fused-ring (bicyclic) bond motifs is 1. The largest absolute Gasteiger partial charge is 0.326 e. The summed E-state index contributed by atoms with van der Waals surface area (Å²) in [6.07, 6.45) is 2.92. The molecule has 0 unspecified atom stereocenters. The van der Waals surface area contributed by atoms with E-state index in [2.05, 4.69) is 40.2 Å². The number of aromatic nitrogens is 1. The van der Waals surface area contributed by atoms with Crippen LogP contribution < -0.4 is 10.6 Å². The molecule has 3 nitrogen and oxygen atoms in total. The monoisotopic (exact) mass is 225 g/mol. The van der Waals surface area contributed by atoms with Crippen molar-refractivity contribution in [3.05, 3.63) is 53.7 Å². The van der Waals surface area contributed by atoms with Crippen molar-refractivity contribution in [3.63, 3.8) is 0 Å². The Hall–Kier alpha value is -1.87. The number of hydrogen-bond donors (Lipinski definition) is 1. The number of para-hydroxylation sites is 1. The lowest BCUT2D eigenvalue weighted by molar-refractivity contribution is 0.964. The molecule has 0 atom stereocenters. The van der Waals surface area contributed by atoms with Crippen LogP contribution in [0.3, 0.4) is 0 Å². The number of pyridine rings is 1. The second-order valence-electron chi connectivity index (χ2n) is 4.26. The molecule has 3 heteroatoms. The zero-order valence-corrected chi connectivity index (χ0v) is 9.63. The van der Waals surface area contributed by atoms with Gasteiger partial charge in [0.25, 0.3) is 0 Å². The number of nitrogens with zero attached hydrogens (tertiary/aromatic N) is 2. The maximum absolute atomic E-state index is 5.67. The van der Waals surface area contributed by atoms with Crippen molar-refractivity contribution < 1.29 is 0 Å². The highest BCUT2D eigenvalue weighted by Crippen LogP contribution is 2.33. The average molecular weight is 225 g/mol. The fourth-order valence-electron chi connectivity index (χ4n) is 2.31. The van der Waals surface area contributed by atoms with Gasteiger partial charge in [0, 0.05) is 25.0 Å². The molecule has 0 saturated heterocycles. The van der Waals surface area contributed by atoms with Crippen LogP contribution in [0.2, 0.25) is 0 Å². The van der Waals surface area contributed by atoms with Crippen LogP contribution >= 0.6 is 0 Å². The minimum Gasteiger partial charge on any atom is -0.326 e. The van der Waals surface area contributed by atoms with Crippen LogP contribution in [-0.2, 0) is 13.0 Å². The summed E-state index contributed by atoms with van der Waals surface area (Å²) in [6, 6.07) is 12.5. The van der Waals surface area contributed by atoms with Crippen molar-refractivity contribution in [3.8, 4) is 0 Å². The van der Waals surface area contributed by atoms with Gasteiger partial charge in [-0.25, -0.2) is 4.98 Å². The summed E-state index contributed by atoms with van der Waals surface area (Å²) in [6.45, 7) is 1.56. The Bertz CT molecular complexity index is 536. The maximum Gasteiger partial charge on any atom is 0.133 e. The molecule has 17 heavy (non-hydrogen) atoms. The smallest absolute Gasteiger partial charge is 0.133 e. The molecular weight excluding hydrogens is 210 g/mol. The maximum atomic E-state index is 5.67. The Kier molecular flexibility index (Phi) is 2.53. The first-order valence-electron chi connectivity index (χ1n) is 5.89. The summed E-state index contributed by atoms with van der Waals surface area (Å²) < 4.78 is 0. The number of nitrogens with two attached hydrogens (primary N) is 1. The Balaban J connectivity index is 2.01. The highest BCUT2D eigenvalue weighted by molar-refractivity contribution is 5.67. The first-order valence-corrected chi connectivity index (χ1v) is 5.89. The highest BCUT2D eigenvalue weighted by atomic mass is 15.2. The number of benzene rings is 1. The molecule has 0 bridgehead atoms. The van der Waals surface area contributed by atoms with E-state index in [9.17, 15) is 0 Å². The van der Waals surface area contributed by atoms with Gasteiger partial charge in [-0.1, -0.05) is 18.2 Å². The standard InChI is InChI=1S/C14H15N3/c15-10-11-5-7-16-14(9-11)17-8-6-12-3-1-2-4-13(12)17/h1-5,7,9H,6,8,10,15H2. The molecule has 1 aliphatic heterocycles. The minimum absolute atomic E-state index is 0.561. The topological polar surface area (TPSA) is 42.1 Å². The van der Waals surface area contributed by atoms with Gasteiger partial charge in [-0.15, -0.1) is 0 Å². The van der Waals surface area contributed by atoms with Crippen LogP contribution in [0.1, 0.15) is 11.1 Å². The highest BCUT2D eigenvalue weighted by Gasteiger charge is 2.20. The van der Waals surface area contributed by atoms with E-state index >= 15 is 0 Å². The molecule has 2 heterocycles. The molecule has 1 aromatic carbocycles. The van der Waals surface area contributed by atoms with Gasteiger partial charge in [-0.05, 0) is 35.7 Å². The summed E-state index contributed by atoms with van der Waals surface area (Å²) in [5.74, 6) is 0.998. The van der Waals surface area contributed by atoms with Gasteiger partial charge in [-0.3, -0.25) is 0 Å². The van der Waals surface area contributed by atoms with E-state index in [0.29, 0.717) is 6.54 Å². The molecule has 1 aromatic heterocycles. The summed E-state index contributed by atoms with van der Waals surface area (Å²) >= 11 is 0. The Morgan fingerprint density at radius 3 is 3.00 bits per heavy atom. The fraction of sp³-hybridized carbons (Fsp3) is 0.214. The molecular formula is C14H15N3. The second-order valence-corrected chi connectivity index (χ2v) is 4.26. The molecule has 0 radical (unpaired) electrons. The van der Waals surface area contributed by atoms with E-state index in [0.717, 1.165) is 24.3 Å². The predicted octanol–water partition coefficient (Wildman–Crippen LogP) is 2.23. The van der Waals surface area contributed by atoms with Crippen LogP contribution in [0.25, 0.3) is 0 Å². The van der Waals surface area contributed by atoms with Crippen molar-refractivity contribution >= 4 is 11.5 Å². The lowest BCUT2D eigenvalue weighted by atomic mass is 10.2. The van der Waals surface area contributed by atoms with Gasteiger partial charge in [0.2, 0.25) is 0 Å². The van der Waals surface area contributed by atoms with Crippen molar-refractivity contribution in [2.24, 2.45) is 5.73 Å². The van der Waals surface area contributed by atoms with E-state index in [1.165, 1.54) is 11.3 Å². The molecule has 2 N–H and O–H groups in total. The van der Waals surface area contributed by atoms with Crippen molar-refractivity contribution in [1.82, 2.24) is 4.98 Å². The molecule has 0 saturated carbocycles. The lowest BCUT2D eigenvalue weighted by Crippen LogP contribution is -2.15. The van der Waals surface area contributed by atoms with Crippen LogP contribution in [0.4, 0.5) is 11.5 Å². The van der Waals surface area contributed by atoms with Crippen LogP contribution in [-0.4, -0.2) is 11.5 Å². The van der Waals surface area contributed by atoms with E-state index in [1.54, 1.807) is 0 Å². The van der Waals surface area contributed by atoms with E-state index < -0.39 is 0 Å². The van der Waals surface area contributed by atoms with E-state index in [-0.39, 0.29) is 0 Å². The Morgan fingerprint density at radius 2 is 2.12 bits per heavy atom. The Labute approximate surface area is 101 Å². The van der Waals surface area contributed by atoms with Gasteiger partial charge in [-0.2, -0.15) is 0 Å². The van der Waals surface area contributed by atoms with E-state index in [4.69, 9.17) is 5.73 Å². The third kappa shape index (κ3) is 1.78. The van der Waals surface area contributed by atoms with Gasteiger partial charge < -0.3 is 10.6 Å². The number of rotatable bonds is 2. The third-order valence-corrected chi connectivity index (χ3v) is 3.21. The van der Waals surface area contributed by atoms with Crippen LogP contribution in [0.5, 0.6) is 0 Å². The van der Waals surface area contributed by atoms with Gasteiger partial charge in [0.1, 0.15) is 5.82 Å². The third-order valence-electron chi connectivity index (χ3n) is 3.21. The first kappa shape index (κ1) is 10.3. The lowest BCUT2D eigenvalue weighted by Gasteiger charge is -2.18. The summed E-state index contributed by atoms with van der Waals surface area (Å²) in [5.41, 5.74) is 9.46. The van der Waals surface area contributed by atoms with Crippen LogP contribution in [0, 0.1) is 0 Å². The van der Waals surface area contributed by atoms with Crippen molar-refractivity contribution in [2.45, 2.75) is 13.0 Å². The fourth-order valence-corrected chi connectivity index (χ4v) is 2.31. The van der Waals surface area contributed by atoms with Crippen molar-refractivity contribution in [1.29, 1.82) is 0 Å². The molecule has 0 fully saturated rings. The molecule has 1 aliphatic rings. The second kappa shape index (κ2) is 4.18. The minimum atomic E-state index is 0.561. The zero-order valence-electron chi connectivity index (χ0n) is 9.63. The molecule has 0 spiro atoms. The normalized spacial score (nSPS) is 13.8. The number of hydrogen-bond acceptors (Lipinski definition) is 3. The predicted molar refractivity (Wildman–Crippen MR) is 69.3 cm³/mol. The van der Waals surface area contributed by atoms with Gasteiger partial charge in [0.15, 0.2) is 0 Å². The average Bonchev–Trinajstić information content (AvgIpc) is 2.82. The van der Waals surface area contributed by atoms with Gasteiger partial charge in [0.05, 0.1) is 0 Å². The van der Waals surface area contributed by atoms with Crippen molar-refractivity contribution in [2.75, 3.05) is 11.4 Å². The molecule has 0 amide bonds. The molecule has 86 valence electrons. The molecule has 0 aliphatic carbocycles. The van der Waals surface area contributed by atoms with Crippen LogP contribution in [0.15, 0.2) is 42.6 Å². The molecule has 2 aromatic rings. The van der Waals surface area contributed by atoms with Gasteiger partial charge >= 0.3 is 0 Å². The SMILES string of the molecule is NCc1ccnc(N2CCc3ccccc32)c1. The summed E-state index contributed by atoms with van der Waals surface area (Å²) in [7, 11) is 0. The summed E-state index contributed by atoms with van der Waals surface area (Å²) in [4.78, 5) is 6.70. The molecule has 3 rings (SSSR count). The zero-order chi connectivity index (χ0) is 11.7. The number of anilines is 2. The Morgan fingerprint density at radius 1 is 1.24 bits per heavy atom. The quantitative estimate of drug-likeness (QED) is 0.852.